The summed E-state index contributed by atoms with van der Waals surface area (Å²) in [5, 5.41) is 4.45. The van der Waals surface area contributed by atoms with E-state index in [2.05, 4.69) is 41.2 Å². The number of amides is 1. The van der Waals surface area contributed by atoms with E-state index in [1.54, 1.807) is 0 Å². The monoisotopic (exact) mass is 371 g/mol. The van der Waals surface area contributed by atoms with Gasteiger partial charge in [0, 0.05) is 24.7 Å². The zero-order valence-electron chi connectivity index (χ0n) is 17.0. The van der Waals surface area contributed by atoms with E-state index >= 15 is 0 Å². The van der Waals surface area contributed by atoms with Crippen molar-refractivity contribution in [2.45, 2.75) is 52.9 Å². The highest BCUT2D eigenvalue weighted by atomic mass is 16.7. The van der Waals surface area contributed by atoms with Crippen LogP contribution in [-0.2, 0) is 9.57 Å². The van der Waals surface area contributed by atoms with E-state index in [1.807, 2.05) is 39.5 Å². The first-order chi connectivity index (χ1) is 12.6. The van der Waals surface area contributed by atoms with Gasteiger partial charge in [0.15, 0.2) is 5.84 Å². The second-order valence-corrected chi connectivity index (χ2v) is 9.40. The first-order valence-corrected chi connectivity index (χ1v) is 9.68. The second-order valence-electron chi connectivity index (χ2n) is 9.40. The van der Waals surface area contributed by atoms with E-state index in [0.29, 0.717) is 17.8 Å². The number of benzene rings is 1. The van der Waals surface area contributed by atoms with Crippen LogP contribution in [0.5, 0.6) is 0 Å². The zero-order valence-corrected chi connectivity index (χ0v) is 17.0. The smallest absolute Gasteiger partial charge is 0.410 e. The molecule has 1 saturated carbocycles. The highest BCUT2D eigenvalue weighted by Gasteiger charge is 2.62. The summed E-state index contributed by atoms with van der Waals surface area (Å²) in [6.07, 6.45) is -0.214. The lowest BCUT2D eigenvalue weighted by Crippen LogP contribution is -2.46. The van der Waals surface area contributed by atoms with Crippen LogP contribution in [0.25, 0.3) is 0 Å². The minimum absolute atomic E-state index is 0.214. The Hall–Kier alpha value is -2.24. The molecule has 27 heavy (non-hydrogen) atoms. The van der Waals surface area contributed by atoms with Gasteiger partial charge in [-0.15, -0.1) is 0 Å². The van der Waals surface area contributed by atoms with Crippen molar-refractivity contribution >= 4 is 17.6 Å². The van der Waals surface area contributed by atoms with Crippen LogP contribution in [0, 0.1) is 24.7 Å². The average Bonchev–Trinajstić information content (AvgIpc) is 2.89. The Balaban J connectivity index is 1.46. The highest BCUT2D eigenvalue weighted by Crippen LogP contribution is 2.55. The second kappa shape index (κ2) is 5.88. The first-order valence-electron chi connectivity index (χ1n) is 9.68. The van der Waals surface area contributed by atoms with Crippen molar-refractivity contribution in [1.82, 2.24) is 4.90 Å². The Bertz CT molecular complexity index is 767. The maximum absolute atomic E-state index is 12.3. The van der Waals surface area contributed by atoms with Crippen LogP contribution in [0.3, 0.4) is 0 Å². The summed E-state index contributed by atoms with van der Waals surface area (Å²) in [5.74, 6) is 2.19. The predicted octanol–water partition coefficient (Wildman–Crippen LogP) is 3.99. The van der Waals surface area contributed by atoms with E-state index in [-0.39, 0.29) is 6.09 Å². The van der Waals surface area contributed by atoms with Gasteiger partial charge in [-0.05, 0) is 65.5 Å². The summed E-state index contributed by atoms with van der Waals surface area (Å²) in [4.78, 5) is 22.1. The fraction of sp³-hybridized carbons (Fsp3) is 0.619. The standard InChI is InChI=1S/C21H29N3O3/c1-13-7-9-14(10-8-13)24-18(22-27-21(24,5)6)17-15-11-23(12-16(15)17)19(25)26-20(2,3)4/h7-10,15-17H,11-12H2,1-6H3. The van der Waals surface area contributed by atoms with Gasteiger partial charge in [0.05, 0.1) is 0 Å². The molecule has 6 nitrogen and oxygen atoms in total. The zero-order chi connectivity index (χ0) is 19.6. The van der Waals surface area contributed by atoms with E-state index in [9.17, 15) is 4.79 Å². The molecule has 3 aliphatic rings. The number of piperidine rings is 1. The topological polar surface area (TPSA) is 54.4 Å². The molecular weight excluding hydrogens is 342 g/mol. The molecule has 0 aromatic heterocycles. The molecule has 0 spiro atoms. The van der Waals surface area contributed by atoms with E-state index in [0.717, 1.165) is 24.6 Å². The number of anilines is 1. The van der Waals surface area contributed by atoms with Gasteiger partial charge in [-0.3, -0.25) is 4.90 Å². The van der Waals surface area contributed by atoms with Crippen LogP contribution in [0.2, 0.25) is 0 Å². The molecule has 1 aliphatic carbocycles. The number of amidine groups is 1. The number of fused-ring (bicyclic) bond motifs is 1. The normalized spacial score (nSPS) is 28.5. The lowest BCUT2D eigenvalue weighted by atomic mass is 10.1. The van der Waals surface area contributed by atoms with Crippen LogP contribution in [0.15, 0.2) is 29.4 Å². The number of oxime groups is 1. The van der Waals surface area contributed by atoms with Crippen LogP contribution in [-0.4, -0.2) is 41.2 Å². The fourth-order valence-electron chi connectivity index (χ4n) is 4.25. The van der Waals surface area contributed by atoms with Gasteiger partial charge < -0.3 is 14.5 Å². The number of likely N-dealkylation sites (tertiary alicyclic amines) is 1. The van der Waals surface area contributed by atoms with Crippen molar-refractivity contribution in [3.8, 4) is 0 Å². The molecule has 2 unspecified atom stereocenters. The number of rotatable bonds is 2. The van der Waals surface area contributed by atoms with Gasteiger partial charge in [0.1, 0.15) is 5.60 Å². The molecule has 2 atom stereocenters. The van der Waals surface area contributed by atoms with Crippen LogP contribution in [0.4, 0.5) is 10.5 Å². The van der Waals surface area contributed by atoms with Crippen LogP contribution >= 0.6 is 0 Å². The van der Waals surface area contributed by atoms with E-state index < -0.39 is 11.3 Å². The molecule has 4 rings (SSSR count). The number of hydrogen-bond acceptors (Lipinski definition) is 5. The summed E-state index contributed by atoms with van der Waals surface area (Å²) in [6.45, 7) is 13.3. The summed E-state index contributed by atoms with van der Waals surface area (Å²) in [5.41, 5.74) is 1.35. The van der Waals surface area contributed by atoms with Gasteiger partial charge >= 0.3 is 6.09 Å². The maximum Gasteiger partial charge on any atom is 0.410 e. The van der Waals surface area contributed by atoms with Gasteiger partial charge in [0.25, 0.3) is 0 Å². The van der Waals surface area contributed by atoms with Gasteiger partial charge in [0.2, 0.25) is 5.72 Å². The summed E-state index contributed by atoms with van der Waals surface area (Å²) in [7, 11) is 0. The summed E-state index contributed by atoms with van der Waals surface area (Å²) >= 11 is 0. The minimum Gasteiger partial charge on any atom is -0.444 e. The molecule has 0 N–H and O–H groups in total. The third-order valence-electron chi connectivity index (χ3n) is 5.57. The SMILES string of the molecule is Cc1ccc(N2C(C3C4CN(C(=O)OC(C)(C)C)CC43)=NOC2(C)C)cc1. The molecule has 1 amide bonds. The molecule has 6 heteroatoms. The number of carbonyl (C=O) groups excluding carboxylic acids is 1. The van der Waals surface area contributed by atoms with E-state index in [1.165, 1.54) is 5.56 Å². The van der Waals surface area contributed by atoms with Crippen molar-refractivity contribution < 1.29 is 14.4 Å². The third kappa shape index (κ3) is 3.26. The number of aryl methyl sites for hydroxylation is 1. The molecule has 0 bridgehead atoms. The van der Waals surface area contributed by atoms with Crippen LogP contribution < -0.4 is 4.90 Å². The van der Waals surface area contributed by atoms with Gasteiger partial charge in [-0.25, -0.2) is 4.79 Å². The summed E-state index contributed by atoms with van der Waals surface area (Å²) < 4.78 is 5.51. The molecule has 0 radical (unpaired) electrons. The van der Waals surface area contributed by atoms with Gasteiger partial charge in [-0.2, -0.15) is 0 Å². The predicted molar refractivity (Wildman–Crippen MR) is 105 cm³/mol. The molecule has 1 aromatic rings. The molecule has 1 saturated heterocycles. The average molecular weight is 371 g/mol. The first kappa shape index (κ1) is 18.1. The number of carbonyl (C=O) groups is 1. The summed E-state index contributed by atoms with van der Waals surface area (Å²) in [6, 6.07) is 8.46. The Morgan fingerprint density at radius 2 is 1.78 bits per heavy atom. The van der Waals surface area contributed by atoms with E-state index in [4.69, 9.17) is 9.57 Å². The Kier molecular flexibility index (Phi) is 3.95. The quantitative estimate of drug-likeness (QED) is 0.789. The van der Waals surface area contributed by atoms with Crippen molar-refractivity contribution in [2.75, 3.05) is 18.0 Å². The van der Waals surface area contributed by atoms with Crippen LogP contribution in [0.1, 0.15) is 40.2 Å². The Morgan fingerprint density at radius 1 is 1.19 bits per heavy atom. The van der Waals surface area contributed by atoms with Gasteiger partial charge in [-0.1, -0.05) is 22.9 Å². The fourth-order valence-corrected chi connectivity index (χ4v) is 4.25. The number of hydrogen-bond donors (Lipinski definition) is 0. The molecule has 2 aliphatic heterocycles. The molecule has 2 fully saturated rings. The largest absolute Gasteiger partial charge is 0.444 e. The lowest BCUT2D eigenvalue weighted by Gasteiger charge is -2.32. The molecule has 2 heterocycles. The van der Waals surface area contributed by atoms with Crippen molar-refractivity contribution in [3.05, 3.63) is 29.8 Å². The highest BCUT2D eigenvalue weighted by molar-refractivity contribution is 6.03. The molecular formula is C21H29N3O3. The van der Waals surface area contributed by atoms with Crippen molar-refractivity contribution in [3.63, 3.8) is 0 Å². The number of ether oxygens (including phenoxy) is 1. The Morgan fingerprint density at radius 3 is 2.33 bits per heavy atom. The minimum atomic E-state index is -0.508. The van der Waals surface area contributed by atoms with Crippen molar-refractivity contribution in [2.24, 2.45) is 22.9 Å². The third-order valence-corrected chi connectivity index (χ3v) is 5.57. The Labute approximate surface area is 161 Å². The molecule has 146 valence electrons. The lowest BCUT2D eigenvalue weighted by molar-refractivity contribution is 0.0138. The maximum atomic E-state index is 12.3. The van der Waals surface area contributed by atoms with Crippen molar-refractivity contribution in [1.29, 1.82) is 0 Å². The number of nitrogens with zero attached hydrogens (tertiary/aromatic N) is 3. The molecule has 1 aromatic carbocycles.